The van der Waals surface area contributed by atoms with Crippen molar-refractivity contribution in [3.05, 3.63) is 23.9 Å². The van der Waals surface area contributed by atoms with E-state index in [1.54, 1.807) is 7.11 Å². The Kier molecular flexibility index (Phi) is 5.86. The van der Waals surface area contributed by atoms with Crippen LogP contribution in [-0.2, 0) is 6.54 Å². The minimum atomic E-state index is 0.515. The molecule has 0 aliphatic heterocycles. The van der Waals surface area contributed by atoms with E-state index < -0.39 is 0 Å². The second kappa shape index (κ2) is 7.19. The maximum atomic E-state index is 5.58. The van der Waals surface area contributed by atoms with Crippen molar-refractivity contribution in [2.45, 2.75) is 19.9 Å². The molecular formula is C12H19N3OS. The van der Waals surface area contributed by atoms with Crippen LogP contribution in [0.4, 0.5) is 0 Å². The minimum Gasteiger partial charge on any atom is -0.481 e. The lowest BCUT2D eigenvalue weighted by molar-refractivity contribution is 0.298. The van der Waals surface area contributed by atoms with Crippen molar-refractivity contribution in [2.75, 3.05) is 20.2 Å². The molecule has 0 saturated heterocycles. The molecule has 2 N–H and O–H groups in total. The monoisotopic (exact) mass is 253 g/mol. The number of nitrogens with two attached hydrogens (primary N) is 1. The van der Waals surface area contributed by atoms with Gasteiger partial charge in [0.05, 0.1) is 17.8 Å². The zero-order chi connectivity index (χ0) is 12.7. The molecule has 1 aromatic heterocycles. The van der Waals surface area contributed by atoms with Crippen LogP contribution in [-0.4, -0.2) is 35.1 Å². The highest BCUT2D eigenvalue weighted by atomic mass is 32.1. The second-order valence-electron chi connectivity index (χ2n) is 3.85. The summed E-state index contributed by atoms with van der Waals surface area (Å²) in [6.45, 7) is 4.45. The number of nitrogens with zero attached hydrogens (tertiary/aromatic N) is 2. The van der Waals surface area contributed by atoms with Crippen LogP contribution in [0.3, 0.4) is 0 Å². The van der Waals surface area contributed by atoms with Gasteiger partial charge in [-0.3, -0.25) is 4.90 Å². The fraction of sp³-hybridized carbons (Fsp3) is 0.500. The number of pyridine rings is 1. The molecule has 4 nitrogen and oxygen atoms in total. The van der Waals surface area contributed by atoms with Crippen molar-refractivity contribution in [3.63, 3.8) is 0 Å². The van der Waals surface area contributed by atoms with E-state index in [1.165, 1.54) is 0 Å². The zero-order valence-electron chi connectivity index (χ0n) is 10.3. The number of hydrogen-bond acceptors (Lipinski definition) is 4. The molecule has 0 aliphatic rings. The van der Waals surface area contributed by atoms with E-state index in [0.29, 0.717) is 17.4 Å². The molecule has 0 radical (unpaired) electrons. The first-order chi connectivity index (χ1) is 8.15. The van der Waals surface area contributed by atoms with Gasteiger partial charge in [-0.2, -0.15) is 0 Å². The summed E-state index contributed by atoms with van der Waals surface area (Å²) >= 11 is 4.94. The molecule has 0 atom stereocenters. The summed E-state index contributed by atoms with van der Waals surface area (Å²) in [7, 11) is 1.62. The van der Waals surface area contributed by atoms with Gasteiger partial charge >= 0.3 is 0 Å². The third-order valence-corrected chi connectivity index (χ3v) is 2.42. The molecule has 1 heterocycles. The van der Waals surface area contributed by atoms with Crippen LogP contribution < -0.4 is 10.5 Å². The summed E-state index contributed by atoms with van der Waals surface area (Å²) in [6.07, 6.45) is 1.06. The lowest BCUT2D eigenvalue weighted by Crippen LogP contribution is -2.33. The molecule has 0 bridgehead atoms. The Hall–Kier alpha value is -1.20. The van der Waals surface area contributed by atoms with Gasteiger partial charge in [0.1, 0.15) is 0 Å². The summed E-state index contributed by atoms with van der Waals surface area (Å²) in [5, 5.41) is 0. The minimum absolute atomic E-state index is 0.515. The first-order valence-electron chi connectivity index (χ1n) is 5.66. The number of hydrogen-bond donors (Lipinski definition) is 1. The Balaban J connectivity index is 2.67. The number of aromatic nitrogens is 1. The molecule has 0 aromatic carbocycles. The molecular weight excluding hydrogens is 234 g/mol. The van der Waals surface area contributed by atoms with Crippen molar-refractivity contribution in [3.8, 4) is 5.88 Å². The van der Waals surface area contributed by atoms with Crippen molar-refractivity contribution in [1.82, 2.24) is 9.88 Å². The maximum absolute atomic E-state index is 5.58. The Bertz CT molecular complexity index is 371. The summed E-state index contributed by atoms with van der Waals surface area (Å²) in [4.78, 5) is 7.07. The second-order valence-corrected chi connectivity index (χ2v) is 4.37. The predicted octanol–water partition coefficient (Wildman–Crippen LogP) is 1.59. The third-order valence-electron chi connectivity index (χ3n) is 2.30. The van der Waals surface area contributed by atoms with Crippen LogP contribution in [0.5, 0.6) is 5.88 Å². The lowest BCUT2D eigenvalue weighted by Gasteiger charge is -2.20. The Morgan fingerprint density at radius 3 is 2.88 bits per heavy atom. The first kappa shape index (κ1) is 13.9. The average Bonchev–Trinajstić information content (AvgIpc) is 2.29. The topological polar surface area (TPSA) is 51.4 Å². The number of methoxy groups -OCH3 is 1. The van der Waals surface area contributed by atoms with Crippen molar-refractivity contribution in [1.29, 1.82) is 0 Å². The molecule has 17 heavy (non-hydrogen) atoms. The van der Waals surface area contributed by atoms with E-state index in [2.05, 4.69) is 16.8 Å². The quantitative estimate of drug-likeness (QED) is 0.748. The number of rotatable bonds is 7. The Morgan fingerprint density at radius 2 is 2.29 bits per heavy atom. The fourth-order valence-corrected chi connectivity index (χ4v) is 1.82. The smallest absolute Gasteiger partial charge is 0.213 e. The van der Waals surface area contributed by atoms with Crippen LogP contribution in [0.1, 0.15) is 19.0 Å². The van der Waals surface area contributed by atoms with Gasteiger partial charge in [0.15, 0.2) is 0 Å². The van der Waals surface area contributed by atoms with Crippen LogP contribution in [0.25, 0.3) is 0 Å². The van der Waals surface area contributed by atoms with Gasteiger partial charge in [-0.15, -0.1) is 0 Å². The molecule has 94 valence electrons. The lowest BCUT2D eigenvalue weighted by atomic mass is 10.3. The van der Waals surface area contributed by atoms with E-state index >= 15 is 0 Å². The van der Waals surface area contributed by atoms with Crippen molar-refractivity contribution < 1.29 is 4.74 Å². The molecule has 0 amide bonds. The van der Waals surface area contributed by atoms with E-state index in [0.717, 1.165) is 25.2 Å². The van der Waals surface area contributed by atoms with Gasteiger partial charge in [0.2, 0.25) is 5.88 Å². The molecule has 1 rings (SSSR count). The van der Waals surface area contributed by atoms with Gasteiger partial charge in [-0.25, -0.2) is 4.98 Å². The Morgan fingerprint density at radius 1 is 1.53 bits per heavy atom. The maximum Gasteiger partial charge on any atom is 0.213 e. The third kappa shape index (κ3) is 5.10. The summed E-state index contributed by atoms with van der Waals surface area (Å²) in [5.74, 6) is 0.634. The molecule has 0 aliphatic carbocycles. The van der Waals surface area contributed by atoms with E-state index in [4.69, 9.17) is 22.7 Å². The van der Waals surface area contributed by atoms with Gasteiger partial charge in [0, 0.05) is 19.2 Å². The largest absolute Gasteiger partial charge is 0.481 e. The molecule has 0 spiro atoms. The average molecular weight is 253 g/mol. The van der Waals surface area contributed by atoms with Gasteiger partial charge in [-0.1, -0.05) is 25.2 Å². The predicted molar refractivity (Wildman–Crippen MR) is 73.1 cm³/mol. The molecule has 0 fully saturated rings. The number of ether oxygens (including phenoxy) is 1. The van der Waals surface area contributed by atoms with Crippen LogP contribution in [0.2, 0.25) is 0 Å². The molecule has 1 aromatic rings. The normalized spacial score (nSPS) is 10.5. The summed E-state index contributed by atoms with van der Waals surface area (Å²) < 4.78 is 5.10. The zero-order valence-corrected chi connectivity index (χ0v) is 11.2. The SMILES string of the molecule is CCCN(CC(N)=S)Cc1cccc(OC)n1. The Labute approximate surface area is 108 Å². The van der Waals surface area contributed by atoms with Crippen LogP contribution in [0.15, 0.2) is 18.2 Å². The van der Waals surface area contributed by atoms with E-state index in [9.17, 15) is 0 Å². The molecule has 0 saturated carbocycles. The standard InChI is InChI=1S/C12H19N3OS/c1-3-7-15(9-11(13)17)8-10-5-4-6-12(14-10)16-2/h4-6H,3,7-9H2,1-2H3,(H2,13,17). The highest BCUT2D eigenvalue weighted by Gasteiger charge is 2.07. The summed E-state index contributed by atoms with van der Waals surface area (Å²) in [6, 6.07) is 5.75. The highest BCUT2D eigenvalue weighted by Crippen LogP contribution is 2.09. The van der Waals surface area contributed by atoms with Crippen LogP contribution >= 0.6 is 12.2 Å². The molecule has 0 unspecified atom stereocenters. The van der Waals surface area contributed by atoms with Gasteiger partial charge < -0.3 is 10.5 Å². The van der Waals surface area contributed by atoms with E-state index in [1.807, 2.05) is 18.2 Å². The number of thiocarbonyl (C=S) groups is 1. The fourth-order valence-electron chi connectivity index (χ4n) is 1.64. The molecule has 5 heteroatoms. The van der Waals surface area contributed by atoms with Crippen molar-refractivity contribution in [2.24, 2.45) is 5.73 Å². The van der Waals surface area contributed by atoms with Crippen LogP contribution in [0, 0.1) is 0 Å². The highest BCUT2D eigenvalue weighted by molar-refractivity contribution is 7.80. The van der Waals surface area contributed by atoms with E-state index in [-0.39, 0.29) is 0 Å². The first-order valence-corrected chi connectivity index (χ1v) is 6.07. The summed E-state index contributed by atoms with van der Waals surface area (Å²) in [5.41, 5.74) is 6.54. The van der Waals surface area contributed by atoms with Gasteiger partial charge in [-0.05, 0) is 19.0 Å². The van der Waals surface area contributed by atoms with Crippen molar-refractivity contribution >= 4 is 17.2 Å². The van der Waals surface area contributed by atoms with Gasteiger partial charge in [0.25, 0.3) is 0 Å².